The number of fused-ring (bicyclic) bond motifs is 1. The summed E-state index contributed by atoms with van der Waals surface area (Å²) in [6.07, 6.45) is -0.247. The van der Waals surface area contributed by atoms with Gasteiger partial charge in [0, 0.05) is 18.5 Å². The highest BCUT2D eigenvalue weighted by Gasteiger charge is 2.09. The molecule has 1 atom stereocenters. The number of imidazole rings is 1. The molecule has 4 N–H and O–H groups in total. The van der Waals surface area contributed by atoms with Gasteiger partial charge in [0.2, 0.25) is 5.91 Å². The number of rotatable bonds is 6. The highest BCUT2D eigenvalue weighted by molar-refractivity contribution is 5.93. The molecule has 0 saturated heterocycles. The molecule has 1 aromatic heterocycles. The summed E-state index contributed by atoms with van der Waals surface area (Å²) >= 11 is 0. The van der Waals surface area contributed by atoms with Gasteiger partial charge in [0.05, 0.1) is 11.0 Å². The lowest BCUT2D eigenvalue weighted by atomic mass is 10.2. The van der Waals surface area contributed by atoms with Gasteiger partial charge in [-0.05, 0) is 31.5 Å². The van der Waals surface area contributed by atoms with Crippen molar-refractivity contribution in [3.63, 3.8) is 0 Å². The van der Waals surface area contributed by atoms with Crippen molar-refractivity contribution in [3.8, 4) is 0 Å². The first-order chi connectivity index (χ1) is 9.95. The molecule has 7 heteroatoms. The fraction of sp³-hybridized carbons (Fsp3) is 0.357. The summed E-state index contributed by atoms with van der Waals surface area (Å²) in [4.78, 5) is 29.2. The number of carboxylic acid groups (broad SMARTS) is 1. The lowest BCUT2D eigenvalue weighted by Crippen LogP contribution is -2.11. The number of carbonyl (C=O) groups is 2. The minimum Gasteiger partial charge on any atom is -0.481 e. The summed E-state index contributed by atoms with van der Waals surface area (Å²) < 4.78 is 0. The number of anilines is 1. The van der Waals surface area contributed by atoms with E-state index in [0.717, 1.165) is 0 Å². The van der Waals surface area contributed by atoms with Crippen LogP contribution in [0.4, 0.5) is 5.69 Å². The number of carbonyl (C=O) groups excluding carboxylic acids is 1. The molecule has 0 bridgehead atoms. The Morgan fingerprint density at radius 3 is 2.81 bits per heavy atom. The SMILES string of the molecule is CC(O)c1nc2ccc(NC(=O)CCCC(=O)O)cc2[nH]1. The van der Waals surface area contributed by atoms with E-state index in [2.05, 4.69) is 15.3 Å². The van der Waals surface area contributed by atoms with Crippen LogP contribution in [0.1, 0.15) is 38.1 Å². The summed E-state index contributed by atoms with van der Waals surface area (Å²) in [7, 11) is 0. The fourth-order valence-electron chi connectivity index (χ4n) is 1.93. The molecule has 0 fully saturated rings. The third kappa shape index (κ3) is 4.03. The van der Waals surface area contributed by atoms with Gasteiger partial charge in [0.15, 0.2) is 0 Å². The third-order valence-corrected chi connectivity index (χ3v) is 2.97. The van der Waals surface area contributed by atoms with Gasteiger partial charge < -0.3 is 20.5 Å². The number of H-pyrrole nitrogens is 1. The summed E-state index contributed by atoms with van der Waals surface area (Å²) in [5.41, 5.74) is 2.02. The van der Waals surface area contributed by atoms with Gasteiger partial charge in [-0.1, -0.05) is 0 Å². The van der Waals surface area contributed by atoms with E-state index in [-0.39, 0.29) is 18.7 Å². The third-order valence-electron chi connectivity index (χ3n) is 2.97. The van der Waals surface area contributed by atoms with E-state index < -0.39 is 12.1 Å². The summed E-state index contributed by atoms with van der Waals surface area (Å²) in [6, 6.07) is 5.18. The Labute approximate surface area is 121 Å². The van der Waals surface area contributed by atoms with Crippen LogP contribution in [0.15, 0.2) is 18.2 Å². The molecule has 2 rings (SSSR count). The van der Waals surface area contributed by atoms with Gasteiger partial charge in [-0.2, -0.15) is 0 Å². The van der Waals surface area contributed by atoms with E-state index in [1.54, 1.807) is 25.1 Å². The number of amides is 1. The van der Waals surface area contributed by atoms with Gasteiger partial charge in [-0.15, -0.1) is 0 Å². The van der Waals surface area contributed by atoms with Crippen molar-refractivity contribution in [1.29, 1.82) is 0 Å². The van der Waals surface area contributed by atoms with E-state index in [9.17, 15) is 14.7 Å². The quantitative estimate of drug-likeness (QED) is 0.648. The van der Waals surface area contributed by atoms with E-state index in [0.29, 0.717) is 29.0 Å². The number of nitrogens with one attached hydrogen (secondary N) is 2. The number of aliphatic hydroxyl groups excluding tert-OH is 1. The predicted molar refractivity (Wildman–Crippen MR) is 76.8 cm³/mol. The van der Waals surface area contributed by atoms with Crippen LogP contribution in [0.2, 0.25) is 0 Å². The number of aromatic amines is 1. The standard InChI is InChI=1S/C14H17N3O4/c1-8(18)14-16-10-6-5-9(7-11(10)17-14)15-12(19)3-2-4-13(20)21/h5-8,18H,2-4H2,1H3,(H,15,19)(H,16,17)(H,20,21). The Bertz CT molecular complexity index is 663. The Kier molecular flexibility index (Phi) is 4.54. The number of nitrogens with zero attached hydrogens (tertiary/aromatic N) is 1. The lowest BCUT2D eigenvalue weighted by Gasteiger charge is -2.04. The summed E-state index contributed by atoms with van der Waals surface area (Å²) in [6.45, 7) is 1.61. The van der Waals surface area contributed by atoms with Crippen LogP contribution in [-0.2, 0) is 9.59 Å². The van der Waals surface area contributed by atoms with Crippen molar-refractivity contribution in [1.82, 2.24) is 9.97 Å². The summed E-state index contributed by atoms with van der Waals surface area (Å²) in [5, 5.41) is 20.7. The van der Waals surface area contributed by atoms with Crippen LogP contribution in [0.3, 0.4) is 0 Å². The molecule has 0 aliphatic rings. The first kappa shape index (κ1) is 15.0. The number of carboxylic acids is 1. The molecular weight excluding hydrogens is 274 g/mol. The first-order valence-corrected chi connectivity index (χ1v) is 6.65. The van der Waals surface area contributed by atoms with Crippen LogP contribution >= 0.6 is 0 Å². The van der Waals surface area contributed by atoms with Crippen LogP contribution in [0, 0.1) is 0 Å². The second-order valence-corrected chi connectivity index (χ2v) is 4.83. The average molecular weight is 291 g/mol. The minimum absolute atomic E-state index is 0.0231. The first-order valence-electron chi connectivity index (χ1n) is 6.65. The van der Waals surface area contributed by atoms with Crippen molar-refractivity contribution in [2.24, 2.45) is 0 Å². The Balaban J connectivity index is 2.02. The van der Waals surface area contributed by atoms with Crippen molar-refractivity contribution < 1.29 is 19.8 Å². The fourth-order valence-corrected chi connectivity index (χ4v) is 1.93. The van der Waals surface area contributed by atoms with Crippen LogP contribution in [0.25, 0.3) is 11.0 Å². The molecule has 0 radical (unpaired) electrons. The van der Waals surface area contributed by atoms with E-state index in [1.165, 1.54) is 0 Å². The number of hydrogen-bond acceptors (Lipinski definition) is 4. The zero-order valence-electron chi connectivity index (χ0n) is 11.6. The number of aromatic nitrogens is 2. The van der Waals surface area contributed by atoms with E-state index in [1.807, 2.05) is 0 Å². The lowest BCUT2D eigenvalue weighted by molar-refractivity contribution is -0.137. The topological polar surface area (TPSA) is 115 Å². The van der Waals surface area contributed by atoms with Gasteiger partial charge in [0.25, 0.3) is 0 Å². The molecule has 1 unspecified atom stereocenters. The average Bonchev–Trinajstić information content (AvgIpc) is 2.81. The normalized spacial score (nSPS) is 12.3. The number of benzene rings is 1. The van der Waals surface area contributed by atoms with Gasteiger partial charge >= 0.3 is 5.97 Å². The van der Waals surface area contributed by atoms with E-state index >= 15 is 0 Å². The molecule has 1 amide bonds. The number of aliphatic hydroxyl groups is 1. The van der Waals surface area contributed by atoms with Crippen LogP contribution in [-0.4, -0.2) is 32.1 Å². The highest BCUT2D eigenvalue weighted by atomic mass is 16.4. The molecule has 0 aliphatic heterocycles. The smallest absolute Gasteiger partial charge is 0.303 e. The zero-order chi connectivity index (χ0) is 15.4. The number of aliphatic carboxylic acids is 1. The van der Waals surface area contributed by atoms with E-state index in [4.69, 9.17) is 5.11 Å². The largest absolute Gasteiger partial charge is 0.481 e. The maximum absolute atomic E-state index is 11.7. The Morgan fingerprint density at radius 2 is 2.14 bits per heavy atom. The second-order valence-electron chi connectivity index (χ2n) is 4.83. The maximum atomic E-state index is 11.7. The number of hydrogen-bond donors (Lipinski definition) is 4. The monoisotopic (exact) mass is 291 g/mol. The minimum atomic E-state index is -0.910. The molecule has 21 heavy (non-hydrogen) atoms. The zero-order valence-corrected chi connectivity index (χ0v) is 11.6. The second kappa shape index (κ2) is 6.36. The van der Waals surface area contributed by atoms with Gasteiger partial charge in [-0.3, -0.25) is 9.59 Å². The Hall–Kier alpha value is -2.41. The molecule has 1 aromatic carbocycles. The highest BCUT2D eigenvalue weighted by Crippen LogP contribution is 2.20. The molecule has 1 heterocycles. The van der Waals surface area contributed by atoms with Gasteiger partial charge in [0.1, 0.15) is 11.9 Å². The van der Waals surface area contributed by atoms with Crippen molar-refractivity contribution >= 4 is 28.6 Å². The maximum Gasteiger partial charge on any atom is 0.303 e. The Morgan fingerprint density at radius 1 is 1.38 bits per heavy atom. The molecule has 0 spiro atoms. The van der Waals surface area contributed by atoms with Gasteiger partial charge in [-0.25, -0.2) is 4.98 Å². The van der Waals surface area contributed by atoms with Crippen LogP contribution in [0.5, 0.6) is 0 Å². The molecule has 7 nitrogen and oxygen atoms in total. The molecule has 0 saturated carbocycles. The van der Waals surface area contributed by atoms with Crippen molar-refractivity contribution in [2.45, 2.75) is 32.3 Å². The molecule has 2 aromatic rings. The van der Waals surface area contributed by atoms with Crippen LogP contribution < -0.4 is 5.32 Å². The summed E-state index contributed by atoms with van der Waals surface area (Å²) in [5.74, 6) is -0.673. The predicted octanol–water partition coefficient (Wildman–Crippen LogP) is 1.81. The van der Waals surface area contributed by atoms with Crippen molar-refractivity contribution in [3.05, 3.63) is 24.0 Å². The molecule has 0 aliphatic carbocycles. The molecule has 112 valence electrons. The molecular formula is C14H17N3O4. The van der Waals surface area contributed by atoms with Crippen molar-refractivity contribution in [2.75, 3.05) is 5.32 Å².